The molecule has 44 heavy (non-hydrogen) atoms. The van der Waals surface area contributed by atoms with E-state index in [1.807, 2.05) is 91.1 Å². The van der Waals surface area contributed by atoms with Crippen LogP contribution in [0.1, 0.15) is 15.9 Å². The van der Waals surface area contributed by atoms with Gasteiger partial charge >= 0.3 is 0 Å². The van der Waals surface area contributed by atoms with Gasteiger partial charge in [0, 0.05) is 27.5 Å². The molecule has 0 unspecified atom stereocenters. The average Bonchev–Trinajstić information content (AvgIpc) is 3.72. The SMILES string of the molecule is O=C(CSc1nnc(-c2cn(-c3ccccc3)nc2-c2ccccc2)o1)Nc1ccc(C(=O)/C=C/c2ccc(Br)cc2)cc1. The lowest BCUT2D eigenvalue weighted by Gasteiger charge is -2.05. The summed E-state index contributed by atoms with van der Waals surface area (Å²) < 4.78 is 8.70. The second kappa shape index (κ2) is 13.5. The fourth-order valence-corrected chi connectivity index (χ4v) is 5.14. The van der Waals surface area contributed by atoms with E-state index in [4.69, 9.17) is 9.52 Å². The van der Waals surface area contributed by atoms with Gasteiger partial charge in [-0.25, -0.2) is 4.68 Å². The van der Waals surface area contributed by atoms with Gasteiger partial charge < -0.3 is 9.73 Å². The Kier molecular flexibility index (Phi) is 8.90. The van der Waals surface area contributed by atoms with E-state index in [1.165, 1.54) is 6.08 Å². The van der Waals surface area contributed by atoms with Crippen LogP contribution in [0.15, 0.2) is 136 Å². The van der Waals surface area contributed by atoms with Crippen molar-refractivity contribution in [2.24, 2.45) is 0 Å². The second-order valence-electron chi connectivity index (χ2n) is 9.57. The first-order valence-electron chi connectivity index (χ1n) is 13.6. The van der Waals surface area contributed by atoms with Crippen LogP contribution in [0.2, 0.25) is 0 Å². The van der Waals surface area contributed by atoms with Crippen molar-refractivity contribution in [3.05, 3.63) is 137 Å². The van der Waals surface area contributed by atoms with Crippen molar-refractivity contribution < 1.29 is 14.0 Å². The molecule has 0 aliphatic rings. The topological polar surface area (TPSA) is 103 Å². The number of benzene rings is 4. The smallest absolute Gasteiger partial charge is 0.277 e. The lowest BCUT2D eigenvalue weighted by Crippen LogP contribution is -2.14. The minimum atomic E-state index is -0.245. The quantitative estimate of drug-likeness (QED) is 0.0902. The van der Waals surface area contributed by atoms with E-state index in [-0.39, 0.29) is 22.7 Å². The summed E-state index contributed by atoms with van der Waals surface area (Å²) in [6.07, 6.45) is 5.15. The molecule has 0 aliphatic carbocycles. The van der Waals surface area contributed by atoms with Crippen molar-refractivity contribution in [3.8, 4) is 28.4 Å². The number of aromatic nitrogens is 4. The highest BCUT2D eigenvalue weighted by molar-refractivity contribution is 9.10. The van der Waals surface area contributed by atoms with E-state index in [0.29, 0.717) is 28.4 Å². The summed E-state index contributed by atoms with van der Waals surface area (Å²) >= 11 is 4.53. The van der Waals surface area contributed by atoms with Crippen molar-refractivity contribution in [2.45, 2.75) is 5.22 Å². The van der Waals surface area contributed by atoms with Crippen LogP contribution in [-0.4, -0.2) is 37.4 Å². The molecule has 0 saturated heterocycles. The van der Waals surface area contributed by atoms with Crippen molar-refractivity contribution in [1.82, 2.24) is 20.0 Å². The number of amides is 1. The maximum absolute atomic E-state index is 12.6. The molecular formula is C34H24BrN5O3S. The second-order valence-corrected chi connectivity index (χ2v) is 11.4. The Bertz CT molecular complexity index is 1920. The van der Waals surface area contributed by atoms with Crippen molar-refractivity contribution in [2.75, 3.05) is 11.1 Å². The lowest BCUT2D eigenvalue weighted by atomic mass is 10.1. The minimum absolute atomic E-state index is 0.0626. The summed E-state index contributed by atoms with van der Waals surface area (Å²) in [5.74, 6) is 0.0000593. The van der Waals surface area contributed by atoms with Gasteiger partial charge in [0.05, 0.1) is 17.0 Å². The molecule has 4 aromatic carbocycles. The maximum Gasteiger partial charge on any atom is 0.277 e. The van der Waals surface area contributed by atoms with Crippen molar-refractivity contribution in [1.29, 1.82) is 0 Å². The molecule has 6 aromatic rings. The van der Waals surface area contributed by atoms with Crippen LogP contribution in [0.5, 0.6) is 0 Å². The van der Waals surface area contributed by atoms with E-state index in [1.54, 1.807) is 35.0 Å². The normalized spacial score (nSPS) is 11.1. The molecular weight excluding hydrogens is 638 g/mol. The number of halogens is 1. The molecule has 10 heteroatoms. The highest BCUT2D eigenvalue weighted by Gasteiger charge is 2.20. The van der Waals surface area contributed by atoms with Gasteiger partial charge in [0.15, 0.2) is 5.78 Å². The van der Waals surface area contributed by atoms with Crippen LogP contribution >= 0.6 is 27.7 Å². The maximum atomic E-state index is 12.6. The molecule has 1 amide bonds. The number of allylic oxidation sites excluding steroid dienone is 1. The molecule has 0 aliphatic heterocycles. The zero-order valence-corrected chi connectivity index (χ0v) is 25.5. The predicted molar refractivity (Wildman–Crippen MR) is 176 cm³/mol. The van der Waals surface area contributed by atoms with Gasteiger partial charge in [0.25, 0.3) is 11.1 Å². The molecule has 0 radical (unpaired) electrons. The van der Waals surface area contributed by atoms with Crippen molar-refractivity contribution >= 4 is 51.1 Å². The molecule has 2 heterocycles. The Morgan fingerprint density at radius 3 is 2.30 bits per heavy atom. The summed E-state index contributed by atoms with van der Waals surface area (Å²) in [5.41, 5.74) is 5.23. The van der Waals surface area contributed by atoms with Crippen LogP contribution in [0, 0.1) is 0 Å². The highest BCUT2D eigenvalue weighted by Crippen LogP contribution is 2.32. The standard InChI is InChI=1S/C34H24BrN5O3S/c35-26-16-11-23(12-17-26)13-20-30(41)24-14-18-27(19-15-24)36-31(42)22-44-34-38-37-33(43-34)29-21-40(28-9-5-2-6-10-28)39-32(29)25-7-3-1-4-8-25/h1-21H,22H2,(H,36,42)/b20-13+. The van der Waals surface area contributed by atoms with Gasteiger partial charge in [-0.3, -0.25) is 9.59 Å². The number of nitrogens with one attached hydrogen (secondary N) is 1. The number of carbonyl (C=O) groups excluding carboxylic acids is 2. The largest absolute Gasteiger partial charge is 0.411 e. The Labute approximate surface area is 266 Å². The van der Waals surface area contributed by atoms with Gasteiger partial charge in [-0.1, -0.05) is 94.4 Å². The van der Waals surface area contributed by atoms with Crippen LogP contribution in [0.3, 0.4) is 0 Å². The number of anilines is 1. The molecule has 216 valence electrons. The molecule has 0 fully saturated rings. The highest BCUT2D eigenvalue weighted by atomic mass is 79.9. The van der Waals surface area contributed by atoms with E-state index in [0.717, 1.165) is 33.0 Å². The van der Waals surface area contributed by atoms with Crippen LogP contribution < -0.4 is 5.32 Å². The fraction of sp³-hybridized carbons (Fsp3) is 0.0294. The molecule has 0 spiro atoms. The Hall–Kier alpha value is -5.06. The lowest BCUT2D eigenvalue weighted by molar-refractivity contribution is -0.113. The number of para-hydroxylation sites is 1. The van der Waals surface area contributed by atoms with Gasteiger partial charge in [-0.15, -0.1) is 10.2 Å². The molecule has 0 atom stereocenters. The first-order chi connectivity index (χ1) is 21.5. The number of ketones is 1. The third-order valence-corrected chi connectivity index (χ3v) is 7.84. The average molecular weight is 663 g/mol. The van der Waals surface area contributed by atoms with E-state index >= 15 is 0 Å². The molecule has 6 rings (SSSR count). The third kappa shape index (κ3) is 7.11. The minimum Gasteiger partial charge on any atom is -0.411 e. The monoisotopic (exact) mass is 661 g/mol. The summed E-state index contributed by atoms with van der Waals surface area (Å²) in [6.45, 7) is 0. The van der Waals surface area contributed by atoms with Gasteiger partial charge in [0.1, 0.15) is 5.69 Å². The van der Waals surface area contributed by atoms with Crippen LogP contribution in [0.4, 0.5) is 5.69 Å². The van der Waals surface area contributed by atoms with Crippen LogP contribution in [-0.2, 0) is 4.79 Å². The number of rotatable bonds is 10. The van der Waals surface area contributed by atoms with Gasteiger partial charge in [-0.05, 0) is 60.2 Å². The number of carbonyl (C=O) groups is 2. The zero-order chi connectivity index (χ0) is 30.3. The summed E-state index contributed by atoms with van der Waals surface area (Å²) in [4.78, 5) is 25.2. The number of nitrogens with zero attached hydrogens (tertiary/aromatic N) is 4. The fourth-order valence-electron chi connectivity index (χ4n) is 4.31. The summed E-state index contributed by atoms with van der Waals surface area (Å²) in [5, 5.41) is 16.3. The number of thioether (sulfide) groups is 1. The van der Waals surface area contributed by atoms with E-state index in [2.05, 4.69) is 31.4 Å². The van der Waals surface area contributed by atoms with Crippen LogP contribution in [0.25, 0.3) is 34.5 Å². The number of hydrogen-bond donors (Lipinski definition) is 1. The molecule has 2 aromatic heterocycles. The summed E-state index contributed by atoms with van der Waals surface area (Å²) in [7, 11) is 0. The predicted octanol–water partition coefficient (Wildman–Crippen LogP) is 7.98. The Morgan fingerprint density at radius 2 is 1.57 bits per heavy atom. The zero-order valence-electron chi connectivity index (χ0n) is 23.1. The Balaban J connectivity index is 1.08. The van der Waals surface area contributed by atoms with E-state index in [9.17, 15) is 9.59 Å². The number of hydrogen-bond acceptors (Lipinski definition) is 7. The first-order valence-corrected chi connectivity index (χ1v) is 15.3. The molecule has 0 bridgehead atoms. The third-order valence-electron chi connectivity index (χ3n) is 6.50. The Morgan fingerprint density at radius 1 is 0.864 bits per heavy atom. The molecule has 0 saturated carbocycles. The summed E-state index contributed by atoms with van der Waals surface area (Å²) in [6, 6.07) is 34.0. The molecule has 8 nitrogen and oxygen atoms in total. The molecule has 1 N–H and O–H groups in total. The van der Waals surface area contributed by atoms with Gasteiger partial charge in [0.2, 0.25) is 5.91 Å². The van der Waals surface area contributed by atoms with Gasteiger partial charge in [-0.2, -0.15) is 5.10 Å². The van der Waals surface area contributed by atoms with E-state index < -0.39 is 0 Å². The van der Waals surface area contributed by atoms with Crippen molar-refractivity contribution in [3.63, 3.8) is 0 Å². The first kappa shape index (κ1) is 29.0.